The van der Waals surface area contributed by atoms with Crippen molar-refractivity contribution in [2.45, 2.75) is 50.9 Å². The van der Waals surface area contributed by atoms with Crippen LogP contribution in [0.3, 0.4) is 0 Å². The fourth-order valence-electron chi connectivity index (χ4n) is 3.05. The Morgan fingerprint density at radius 3 is 2.55 bits per heavy atom. The topological polar surface area (TPSA) is 83.9 Å². The van der Waals surface area contributed by atoms with E-state index in [0.29, 0.717) is 13.0 Å². The van der Waals surface area contributed by atoms with Gasteiger partial charge in [0.1, 0.15) is 0 Å². The van der Waals surface area contributed by atoms with Crippen molar-refractivity contribution >= 4 is 15.8 Å². The number of carboxylic acid groups (broad SMARTS) is 1. The molecule has 0 aromatic rings. The molecule has 2 unspecified atom stereocenters. The van der Waals surface area contributed by atoms with Crippen LogP contribution in [0.2, 0.25) is 0 Å². The minimum Gasteiger partial charge on any atom is -0.480 e. The average Bonchev–Trinajstić information content (AvgIpc) is 2.80. The first-order valence-electron chi connectivity index (χ1n) is 7.01. The van der Waals surface area contributed by atoms with E-state index in [4.69, 9.17) is 9.84 Å². The molecule has 0 radical (unpaired) electrons. The van der Waals surface area contributed by atoms with Crippen LogP contribution in [0.1, 0.15) is 33.1 Å². The van der Waals surface area contributed by atoms with Gasteiger partial charge < -0.3 is 9.84 Å². The Morgan fingerprint density at radius 2 is 2.10 bits per heavy atom. The number of sulfone groups is 1. The molecule has 2 aliphatic rings. The highest BCUT2D eigenvalue weighted by Crippen LogP contribution is 2.30. The van der Waals surface area contributed by atoms with Crippen molar-refractivity contribution in [1.29, 1.82) is 0 Å². The van der Waals surface area contributed by atoms with E-state index in [2.05, 4.69) is 0 Å². The number of nitrogens with zero attached hydrogens (tertiary/aromatic N) is 1. The fraction of sp³-hybridized carbons (Fsp3) is 0.923. The monoisotopic (exact) mass is 305 g/mol. The van der Waals surface area contributed by atoms with Gasteiger partial charge in [0.05, 0.1) is 29.8 Å². The number of carbonyl (C=O) groups is 1. The molecule has 0 aromatic carbocycles. The smallest absolute Gasteiger partial charge is 0.317 e. The highest BCUT2D eigenvalue weighted by atomic mass is 32.2. The second-order valence-corrected chi connectivity index (χ2v) is 8.65. The van der Waals surface area contributed by atoms with Crippen molar-refractivity contribution in [2.75, 3.05) is 24.6 Å². The summed E-state index contributed by atoms with van der Waals surface area (Å²) in [5.41, 5.74) is -0.165. The van der Waals surface area contributed by atoms with Gasteiger partial charge in [-0.25, -0.2) is 8.42 Å². The van der Waals surface area contributed by atoms with Crippen molar-refractivity contribution in [3.63, 3.8) is 0 Å². The van der Waals surface area contributed by atoms with Crippen LogP contribution in [0.4, 0.5) is 0 Å². The van der Waals surface area contributed by atoms with Gasteiger partial charge in [-0.3, -0.25) is 9.69 Å². The number of aliphatic carboxylic acids is 1. The lowest BCUT2D eigenvalue weighted by molar-refractivity contribution is -0.139. The van der Waals surface area contributed by atoms with Crippen molar-refractivity contribution < 1.29 is 23.1 Å². The van der Waals surface area contributed by atoms with Crippen LogP contribution in [-0.2, 0) is 19.4 Å². The maximum absolute atomic E-state index is 11.6. The normalized spacial score (nSPS) is 31.8. The van der Waals surface area contributed by atoms with Crippen LogP contribution < -0.4 is 0 Å². The van der Waals surface area contributed by atoms with Gasteiger partial charge in [0.25, 0.3) is 0 Å². The molecule has 2 heterocycles. The highest BCUT2D eigenvalue weighted by Gasteiger charge is 2.37. The van der Waals surface area contributed by atoms with E-state index in [1.54, 1.807) is 4.90 Å². The molecule has 2 aliphatic heterocycles. The third kappa shape index (κ3) is 4.17. The summed E-state index contributed by atoms with van der Waals surface area (Å²) in [6, 6.07) is -0.191. The standard InChI is InChI=1S/C13H23NO5S/c1-13(2)5-3-11(19-13)7-14(8-12(15)16)10-4-6-20(17,18)9-10/h10-11H,3-9H2,1-2H3,(H,15,16). The van der Waals surface area contributed by atoms with Crippen LogP contribution in [0, 0.1) is 0 Å². The number of ether oxygens (including phenoxy) is 1. The van der Waals surface area contributed by atoms with E-state index in [-0.39, 0.29) is 35.8 Å². The zero-order valence-electron chi connectivity index (χ0n) is 12.0. The summed E-state index contributed by atoms with van der Waals surface area (Å²) in [5.74, 6) is -0.701. The van der Waals surface area contributed by atoms with Crippen molar-refractivity contribution in [3.05, 3.63) is 0 Å². The van der Waals surface area contributed by atoms with Gasteiger partial charge >= 0.3 is 5.97 Å². The van der Waals surface area contributed by atoms with Gasteiger partial charge in [0.2, 0.25) is 0 Å². The highest BCUT2D eigenvalue weighted by molar-refractivity contribution is 7.91. The molecule has 0 bridgehead atoms. The SMILES string of the molecule is CC1(C)CCC(CN(CC(=O)O)C2CCS(=O)(=O)C2)O1. The van der Waals surface area contributed by atoms with Crippen LogP contribution in [0.25, 0.3) is 0 Å². The number of rotatable bonds is 5. The molecule has 2 rings (SSSR count). The average molecular weight is 305 g/mol. The third-order valence-electron chi connectivity index (χ3n) is 4.06. The minimum absolute atomic E-state index is 0.00680. The van der Waals surface area contributed by atoms with Gasteiger partial charge in [-0.05, 0) is 33.1 Å². The molecule has 0 aromatic heterocycles. The maximum atomic E-state index is 11.6. The molecular weight excluding hydrogens is 282 g/mol. The minimum atomic E-state index is -3.01. The molecule has 0 aliphatic carbocycles. The molecule has 1 N–H and O–H groups in total. The Kier molecular flexibility index (Phi) is 4.41. The predicted octanol–water partition coefficient (Wildman–Crippen LogP) is 0.518. The van der Waals surface area contributed by atoms with E-state index >= 15 is 0 Å². The Balaban J connectivity index is 1.99. The Bertz CT molecular complexity index is 473. The van der Waals surface area contributed by atoms with Gasteiger partial charge in [-0.15, -0.1) is 0 Å². The largest absolute Gasteiger partial charge is 0.480 e. The summed E-state index contributed by atoms with van der Waals surface area (Å²) in [6.07, 6.45) is 2.35. The summed E-state index contributed by atoms with van der Waals surface area (Å²) < 4.78 is 29.0. The Morgan fingerprint density at radius 1 is 1.40 bits per heavy atom. The second-order valence-electron chi connectivity index (χ2n) is 6.42. The lowest BCUT2D eigenvalue weighted by Gasteiger charge is -2.29. The first-order chi connectivity index (χ1) is 9.17. The van der Waals surface area contributed by atoms with Crippen LogP contribution in [0.15, 0.2) is 0 Å². The molecular formula is C13H23NO5S. The zero-order chi connectivity index (χ0) is 15.0. The van der Waals surface area contributed by atoms with E-state index in [0.717, 1.165) is 12.8 Å². The molecule has 7 heteroatoms. The molecule has 0 amide bonds. The molecule has 20 heavy (non-hydrogen) atoms. The third-order valence-corrected chi connectivity index (χ3v) is 5.81. The molecule has 2 fully saturated rings. The summed E-state index contributed by atoms with van der Waals surface area (Å²) >= 11 is 0. The second kappa shape index (κ2) is 5.61. The van der Waals surface area contributed by atoms with Crippen molar-refractivity contribution in [2.24, 2.45) is 0 Å². The summed E-state index contributed by atoms with van der Waals surface area (Å²) in [7, 11) is -3.01. The van der Waals surface area contributed by atoms with Crippen LogP contribution in [0.5, 0.6) is 0 Å². The predicted molar refractivity (Wildman–Crippen MR) is 74.5 cm³/mol. The molecule has 6 nitrogen and oxygen atoms in total. The van der Waals surface area contributed by atoms with Crippen LogP contribution >= 0.6 is 0 Å². The molecule has 2 saturated heterocycles. The number of carboxylic acids is 1. The first-order valence-corrected chi connectivity index (χ1v) is 8.83. The fourth-order valence-corrected chi connectivity index (χ4v) is 4.81. The van der Waals surface area contributed by atoms with E-state index in [1.807, 2.05) is 13.8 Å². The van der Waals surface area contributed by atoms with Gasteiger partial charge in [-0.1, -0.05) is 0 Å². The van der Waals surface area contributed by atoms with Crippen LogP contribution in [-0.4, -0.2) is 66.7 Å². The lowest BCUT2D eigenvalue weighted by atomic mass is 10.1. The van der Waals surface area contributed by atoms with Gasteiger partial charge in [0, 0.05) is 12.6 Å². The molecule has 0 saturated carbocycles. The first kappa shape index (κ1) is 15.7. The summed E-state index contributed by atoms with van der Waals surface area (Å²) in [6.45, 7) is 4.42. The maximum Gasteiger partial charge on any atom is 0.317 e. The number of hydrogen-bond acceptors (Lipinski definition) is 5. The summed E-state index contributed by atoms with van der Waals surface area (Å²) in [4.78, 5) is 12.8. The molecule has 116 valence electrons. The molecule has 0 spiro atoms. The zero-order valence-corrected chi connectivity index (χ0v) is 12.9. The van der Waals surface area contributed by atoms with Gasteiger partial charge in [0.15, 0.2) is 9.84 Å². The van der Waals surface area contributed by atoms with E-state index in [1.165, 1.54) is 0 Å². The summed E-state index contributed by atoms with van der Waals surface area (Å²) in [5, 5.41) is 9.02. The Labute approximate surface area is 120 Å². The lowest BCUT2D eigenvalue weighted by Crippen LogP contribution is -2.44. The van der Waals surface area contributed by atoms with Gasteiger partial charge in [-0.2, -0.15) is 0 Å². The molecule has 2 atom stereocenters. The quantitative estimate of drug-likeness (QED) is 0.797. The van der Waals surface area contributed by atoms with Crippen molar-refractivity contribution in [1.82, 2.24) is 4.90 Å². The van der Waals surface area contributed by atoms with E-state index in [9.17, 15) is 13.2 Å². The number of hydrogen-bond donors (Lipinski definition) is 1. The van der Waals surface area contributed by atoms with Crippen molar-refractivity contribution in [3.8, 4) is 0 Å². The Hall–Kier alpha value is -0.660. The van der Waals surface area contributed by atoms with E-state index < -0.39 is 15.8 Å².